The Bertz CT molecular complexity index is 1310. The van der Waals surface area contributed by atoms with E-state index in [0.717, 1.165) is 27.6 Å². The number of amides is 1. The Hall–Kier alpha value is -3.51. The standard InChI is InChI=1S/C24H19N3O2S/c1-2-16-9-10-19-22(12-16)30-24(26-19)27(15-17-6-5-11-25-14-17)23(28)21-13-18-7-3-4-8-20(18)29-21/h3-14H,2,15H2,1H3. The summed E-state index contributed by atoms with van der Waals surface area (Å²) in [5, 5.41) is 1.55. The molecule has 0 saturated heterocycles. The van der Waals surface area contributed by atoms with E-state index in [1.807, 2.05) is 42.5 Å². The van der Waals surface area contributed by atoms with E-state index in [1.54, 1.807) is 23.4 Å². The molecule has 0 fully saturated rings. The van der Waals surface area contributed by atoms with Crippen LogP contribution in [0, 0.1) is 0 Å². The number of thiazole rings is 1. The Kier molecular flexibility index (Phi) is 4.77. The van der Waals surface area contributed by atoms with Crippen molar-refractivity contribution in [1.29, 1.82) is 0 Å². The second-order valence-corrected chi connectivity index (χ2v) is 8.06. The lowest BCUT2D eigenvalue weighted by atomic mass is 10.2. The maximum Gasteiger partial charge on any atom is 0.296 e. The van der Waals surface area contributed by atoms with Gasteiger partial charge in [0.2, 0.25) is 0 Å². The first-order valence-electron chi connectivity index (χ1n) is 9.80. The molecule has 0 spiro atoms. The fourth-order valence-electron chi connectivity index (χ4n) is 3.41. The third-order valence-corrected chi connectivity index (χ3v) is 6.07. The van der Waals surface area contributed by atoms with Crippen LogP contribution in [0.25, 0.3) is 21.2 Å². The number of carbonyl (C=O) groups excluding carboxylic acids is 1. The number of rotatable bonds is 5. The molecule has 5 rings (SSSR count). The van der Waals surface area contributed by atoms with Crippen molar-refractivity contribution in [2.45, 2.75) is 19.9 Å². The quantitative estimate of drug-likeness (QED) is 0.363. The van der Waals surface area contributed by atoms with Crippen LogP contribution in [0.4, 0.5) is 5.13 Å². The molecule has 0 saturated carbocycles. The first kappa shape index (κ1) is 18.5. The van der Waals surface area contributed by atoms with Gasteiger partial charge in [0.15, 0.2) is 10.9 Å². The van der Waals surface area contributed by atoms with Gasteiger partial charge in [-0.05, 0) is 47.9 Å². The van der Waals surface area contributed by atoms with Crippen molar-refractivity contribution >= 4 is 43.6 Å². The van der Waals surface area contributed by atoms with Crippen LogP contribution in [-0.4, -0.2) is 15.9 Å². The van der Waals surface area contributed by atoms with Gasteiger partial charge in [-0.3, -0.25) is 14.7 Å². The van der Waals surface area contributed by atoms with E-state index >= 15 is 0 Å². The minimum atomic E-state index is -0.218. The van der Waals surface area contributed by atoms with E-state index in [2.05, 4.69) is 24.0 Å². The van der Waals surface area contributed by atoms with Gasteiger partial charge in [0.05, 0.1) is 16.8 Å². The monoisotopic (exact) mass is 413 g/mol. The fraction of sp³-hybridized carbons (Fsp3) is 0.125. The van der Waals surface area contributed by atoms with Gasteiger partial charge in [0, 0.05) is 17.8 Å². The van der Waals surface area contributed by atoms with E-state index in [9.17, 15) is 4.79 Å². The number of benzene rings is 2. The van der Waals surface area contributed by atoms with Gasteiger partial charge in [0.1, 0.15) is 5.58 Å². The van der Waals surface area contributed by atoms with Crippen molar-refractivity contribution in [3.8, 4) is 0 Å². The van der Waals surface area contributed by atoms with Gasteiger partial charge in [0.25, 0.3) is 5.91 Å². The van der Waals surface area contributed by atoms with E-state index in [0.29, 0.717) is 23.0 Å². The van der Waals surface area contributed by atoms with Crippen LogP contribution in [-0.2, 0) is 13.0 Å². The van der Waals surface area contributed by atoms with Crippen molar-refractivity contribution < 1.29 is 9.21 Å². The number of pyridine rings is 1. The number of anilines is 1. The molecule has 0 aliphatic carbocycles. The normalized spacial score (nSPS) is 11.2. The molecule has 5 aromatic rings. The molecule has 3 heterocycles. The summed E-state index contributed by atoms with van der Waals surface area (Å²) < 4.78 is 6.92. The summed E-state index contributed by atoms with van der Waals surface area (Å²) in [4.78, 5) is 24.1. The predicted molar refractivity (Wildman–Crippen MR) is 120 cm³/mol. The molecule has 1 amide bonds. The average Bonchev–Trinajstić information content (AvgIpc) is 3.41. The van der Waals surface area contributed by atoms with Crippen LogP contribution in [0.5, 0.6) is 0 Å². The highest BCUT2D eigenvalue weighted by molar-refractivity contribution is 7.22. The van der Waals surface area contributed by atoms with E-state index in [4.69, 9.17) is 9.40 Å². The van der Waals surface area contributed by atoms with Crippen molar-refractivity contribution in [2.75, 3.05) is 4.90 Å². The van der Waals surface area contributed by atoms with Crippen LogP contribution in [0.1, 0.15) is 28.6 Å². The van der Waals surface area contributed by atoms with E-state index < -0.39 is 0 Å². The molecule has 0 aliphatic rings. The highest BCUT2D eigenvalue weighted by Gasteiger charge is 2.25. The average molecular weight is 414 g/mol. The maximum atomic E-state index is 13.5. The lowest BCUT2D eigenvalue weighted by Crippen LogP contribution is -2.30. The molecule has 30 heavy (non-hydrogen) atoms. The summed E-state index contributed by atoms with van der Waals surface area (Å²) in [5.41, 5.74) is 3.76. The summed E-state index contributed by atoms with van der Waals surface area (Å²) in [5.74, 6) is 0.0819. The van der Waals surface area contributed by atoms with E-state index in [-0.39, 0.29) is 5.91 Å². The number of nitrogens with zero attached hydrogens (tertiary/aromatic N) is 3. The Morgan fingerprint density at radius 1 is 1.07 bits per heavy atom. The molecule has 148 valence electrons. The maximum absolute atomic E-state index is 13.5. The molecular formula is C24H19N3O2S. The second kappa shape index (κ2) is 7.72. The Balaban J connectivity index is 1.58. The largest absolute Gasteiger partial charge is 0.451 e. The molecule has 0 aliphatic heterocycles. The van der Waals surface area contributed by atoms with Gasteiger partial charge >= 0.3 is 0 Å². The number of aryl methyl sites for hydroxylation is 1. The Labute approximate surface area is 177 Å². The zero-order valence-electron chi connectivity index (χ0n) is 16.4. The number of hydrogen-bond acceptors (Lipinski definition) is 5. The summed E-state index contributed by atoms with van der Waals surface area (Å²) in [6, 6.07) is 19.5. The smallest absolute Gasteiger partial charge is 0.296 e. The fourth-order valence-corrected chi connectivity index (χ4v) is 4.44. The predicted octanol–water partition coefficient (Wildman–Crippen LogP) is 5.85. The summed E-state index contributed by atoms with van der Waals surface area (Å²) >= 11 is 1.52. The van der Waals surface area contributed by atoms with Gasteiger partial charge in [-0.25, -0.2) is 4.98 Å². The molecule has 0 radical (unpaired) electrons. The number of furan rings is 1. The summed E-state index contributed by atoms with van der Waals surface area (Å²) in [6.07, 6.45) is 4.45. The zero-order valence-corrected chi connectivity index (χ0v) is 17.2. The molecular weight excluding hydrogens is 394 g/mol. The van der Waals surface area contributed by atoms with Crippen LogP contribution in [0.3, 0.4) is 0 Å². The lowest BCUT2D eigenvalue weighted by Gasteiger charge is -2.18. The first-order chi connectivity index (χ1) is 14.7. The molecule has 0 N–H and O–H groups in total. The third-order valence-electron chi connectivity index (χ3n) is 5.03. The minimum Gasteiger partial charge on any atom is -0.451 e. The number of carbonyl (C=O) groups is 1. The second-order valence-electron chi connectivity index (χ2n) is 7.05. The molecule has 3 aromatic heterocycles. The molecule has 0 atom stereocenters. The number of para-hydroxylation sites is 1. The topological polar surface area (TPSA) is 59.2 Å². The Morgan fingerprint density at radius 3 is 2.77 bits per heavy atom. The van der Waals surface area contributed by atoms with Crippen LogP contribution in [0.15, 0.2) is 77.5 Å². The third kappa shape index (κ3) is 3.46. The molecule has 0 bridgehead atoms. The van der Waals surface area contributed by atoms with Crippen molar-refractivity contribution in [1.82, 2.24) is 9.97 Å². The summed E-state index contributed by atoms with van der Waals surface area (Å²) in [6.45, 7) is 2.49. The number of fused-ring (bicyclic) bond motifs is 2. The van der Waals surface area contributed by atoms with Crippen molar-refractivity contribution in [3.63, 3.8) is 0 Å². The first-order valence-corrected chi connectivity index (χ1v) is 10.6. The molecule has 6 heteroatoms. The van der Waals surface area contributed by atoms with E-state index in [1.165, 1.54) is 16.9 Å². The Morgan fingerprint density at radius 2 is 1.97 bits per heavy atom. The van der Waals surface area contributed by atoms with Crippen molar-refractivity contribution in [2.24, 2.45) is 0 Å². The van der Waals surface area contributed by atoms with Crippen LogP contribution in [0.2, 0.25) is 0 Å². The van der Waals surface area contributed by atoms with Gasteiger partial charge < -0.3 is 4.42 Å². The number of hydrogen-bond donors (Lipinski definition) is 0. The summed E-state index contributed by atoms with van der Waals surface area (Å²) in [7, 11) is 0. The lowest BCUT2D eigenvalue weighted by molar-refractivity contribution is 0.0960. The highest BCUT2D eigenvalue weighted by Crippen LogP contribution is 2.32. The van der Waals surface area contributed by atoms with Crippen LogP contribution < -0.4 is 4.90 Å². The molecule has 5 nitrogen and oxygen atoms in total. The minimum absolute atomic E-state index is 0.218. The molecule has 0 unspecified atom stereocenters. The van der Waals surface area contributed by atoms with Gasteiger partial charge in [-0.15, -0.1) is 0 Å². The van der Waals surface area contributed by atoms with Gasteiger partial charge in [-0.2, -0.15) is 0 Å². The number of aromatic nitrogens is 2. The van der Waals surface area contributed by atoms with Gasteiger partial charge in [-0.1, -0.05) is 48.6 Å². The van der Waals surface area contributed by atoms with Crippen LogP contribution >= 0.6 is 11.3 Å². The molecule has 2 aromatic carbocycles. The SMILES string of the molecule is CCc1ccc2nc(N(Cc3cccnc3)C(=O)c3cc4ccccc4o3)sc2c1. The zero-order chi connectivity index (χ0) is 20.5. The van der Waals surface area contributed by atoms with Crippen molar-refractivity contribution in [3.05, 3.63) is 89.9 Å². The highest BCUT2D eigenvalue weighted by atomic mass is 32.1.